The van der Waals surface area contributed by atoms with Gasteiger partial charge < -0.3 is 9.64 Å². The van der Waals surface area contributed by atoms with Crippen molar-refractivity contribution in [3.63, 3.8) is 0 Å². The normalized spacial score (nSPS) is 17.6. The van der Waals surface area contributed by atoms with Crippen LogP contribution in [0.25, 0.3) is 5.82 Å². The average molecular weight is 338 g/mol. The van der Waals surface area contributed by atoms with Crippen molar-refractivity contribution in [3.05, 3.63) is 60.1 Å². The van der Waals surface area contributed by atoms with Crippen LogP contribution in [0.3, 0.4) is 0 Å². The Morgan fingerprint density at radius 2 is 2.28 bits per heavy atom. The first-order valence-electron chi connectivity index (χ1n) is 8.07. The molecule has 0 radical (unpaired) electrons. The van der Waals surface area contributed by atoms with E-state index in [4.69, 9.17) is 4.74 Å². The van der Waals surface area contributed by atoms with Crippen molar-refractivity contribution >= 4 is 5.91 Å². The van der Waals surface area contributed by atoms with Gasteiger partial charge in [0.05, 0.1) is 36.7 Å². The summed E-state index contributed by atoms with van der Waals surface area (Å²) in [4.78, 5) is 23.2. The van der Waals surface area contributed by atoms with Crippen LogP contribution >= 0.6 is 0 Å². The number of H-pyrrole nitrogens is 1. The Morgan fingerprint density at radius 3 is 2.96 bits per heavy atom. The van der Waals surface area contributed by atoms with E-state index in [1.54, 1.807) is 35.6 Å². The van der Waals surface area contributed by atoms with Gasteiger partial charge in [-0.3, -0.25) is 14.5 Å². The Labute approximate surface area is 144 Å². The zero-order chi connectivity index (χ0) is 17.2. The van der Waals surface area contributed by atoms with Gasteiger partial charge in [-0.1, -0.05) is 0 Å². The number of hydrogen-bond donors (Lipinski definition) is 1. The van der Waals surface area contributed by atoms with E-state index in [2.05, 4.69) is 20.2 Å². The number of amides is 1. The smallest absolute Gasteiger partial charge is 0.256 e. The second-order valence-corrected chi connectivity index (χ2v) is 5.93. The van der Waals surface area contributed by atoms with E-state index in [9.17, 15) is 4.79 Å². The third-order valence-corrected chi connectivity index (χ3v) is 4.35. The first kappa shape index (κ1) is 15.5. The van der Waals surface area contributed by atoms with Gasteiger partial charge in [0.15, 0.2) is 0 Å². The molecule has 128 valence electrons. The van der Waals surface area contributed by atoms with Crippen LogP contribution in [0.5, 0.6) is 0 Å². The molecule has 1 amide bonds. The van der Waals surface area contributed by atoms with Crippen LogP contribution in [-0.4, -0.2) is 55.3 Å². The van der Waals surface area contributed by atoms with E-state index in [1.807, 2.05) is 24.1 Å². The highest BCUT2D eigenvalue weighted by atomic mass is 16.5. The van der Waals surface area contributed by atoms with Crippen molar-refractivity contribution in [2.45, 2.75) is 13.0 Å². The fraction of sp³-hybridized carbons (Fsp3) is 0.294. The first-order valence-corrected chi connectivity index (χ1v) is 8.07. The molecule has 8 nitrogen and oxygen atoms in total. The van der Waals surface area contributed by atoms with Gasteiger partial charge in [-0.15, -0.1) is 0 Å². The predicted octanol–water partition coefficient (Wildman–Crippen LogP) is 1.51. The lowest BCUT2D eigenvalue weighted by atomic mass is 10.1. The maximum Gasteiger partial charge on any atom is 0.256 e. The van der Waals surface area contributed by atoms with Crippen molar-refractivity contribution in [1.29, 1.82) is 0 Å². The van der Waals surface area contributed by atoms with E-state index in [-0.39, 0.29) is 11.9 Å². The van der Waals surface area contributed by atoms with Gasteiger partial charge in [0.2, 0.25) is 0 Å². The largest absolute Gasteiger partial charge is 0.377 e. The van der Waals surface area contributed by atoms with E-state index in [0.717, 1.165) is 17.1 Å². The minimum absolute atomic E-state index is 0.0630. The summed E-state index contributed by atoms with van der Waals surface area (Å²) in [5.74, 6) is 0.656. The molecule has 0 spiro atoms. The number of aromatic amines is 1. The molecule has 3 aromatic rings. The van der Waals surface area contributed by atoms with Crippen LogP contribution in [0, 0.1) is 6.92 Å². The highest BCUT2D eigenvalue weighted by Crippen LogP contribution is 2.26. The topological polar surface area (TPSA) is 88.9 Å². The van der Waals surface area contributed by atoms with Crippen LogP contribution in [0.2, 0.25) is 0 Å². The monoisotopic (exact) mass is 338 g/mol. The summed E-state index contributed by atoms with van der Waals surface area (Å²) < 4.78 is 7.37. The SMILES string of the molecule is Cc1cn[nH]c1[C@H]1COCCN1C(=O)c1ccc(-n2ccnc2)nc1. The zero-order valence-corrected chi connectivity index (χ0v) is 13.8. The Bertz CT molecular complexity index is 856. The molecular formula is C17H18N6O2. The lowest BCUT2D eigenvalue weighted by molar-refractivity contribution is -0.00409. The van der Waals surface area contributed by atoms with Crippen molar-refractivity contribution in [3.8, 4) is 5.82 Å². The predicted molar refractivity (Wildman–Crippen MR) is 89.3 cm³/mol. The van der Waals surface area contributed by atoms with Gasteiger partial charge in [-0.2, -0.15) is 5.10 Å². The molecule has 1 aliphatic heterocycles. The number of hydrogen-bond acceptors (Lipinski definition) is 5. The molecule has 1 fully saturated rings. The van der Waals surface area contributed by atoms with Crippen LogP contribution in [-0.2, 0) is 4.74 Å². The molecular weight excluding hydrogens is 320 g/mol. The third kappa shape index (κ3) is 2.91. The summed E-state index contributed by atoms with van der Waals surface area (Å²) in [5, 5.41) is 7.05. The maximum absolute atomic E-state index is 13.0. The number of nitrogens with one attached hydrogen (secondary N) is 1. The van der Waals surface area contributed by atoms with Gasteiger partial charge in [0.1, 0.15) is 12.1 Å². The van der Waals surface area contributed by atoms with Crippen LogP contribution in [0.4, 0.5) is 0 Å². The van der Waals surface area contributed by atoms with E-state index < -0.39 is 0 Å². The number of carbonyl (C=O) groups excluding carboxylic acids is 1. The molecule has 25 heavy (non-hydrogen) atoms. The zero-order valence-electron chi connectivity index (χ0n) is 13.8. The number of aromatic nitrogens is 5. The summed E-state index contributed by atoms with van der Waals surface area (Å²) in [6, 6.07) is 3.43. The molecule has 1 aliphatic rings. The van der Waals surface area contributed by atoms with Gasteiger partial charge >= 0.3 is 0 Å². The first-order chi connectivity index (χ1) is 12.2. The fourth-order valence-corrected chi connectivity index (χ4v) is 3.01. The summed E-state index contributed by atoms with van der Waals surface area (Å²) in [7, 11) is 0. The Balaban J connectivity index is 1.59. The number of rotatable bonds is 3. The minimum Gasteiger partial charge on any atom is -0.377 e. The molecule has 4 heterocycles. The molecule has 1 N–H and O–H groups in total. The molecule has 0 aliphatic carbocycles. The fourth-order valence-electron chi connectivity index (χ4n) is 3.01. The highest BCUT2D eigenvalue weighted by Gasteiger charge is 2.31. The number of carbonyl (C=O) groups is 1. The van der Waals surface area contributed by atoms with E-state index in [0.29, 0.717) is 25.3 Å². The molecule has 0 unspecified atom stereocenters. The summed E-state index contributed by atoms with van der Waals surface area (Å²) in [5.41, 5.74) is 2.48. The lowest BCUT2D eigenvalue weighted by Crippen LogP contribution is -2.43. The van der Waals surface area contributed by atoms with Crippen LogP contribution in [0.15, 0.2) is 43.2 Å². The highest BCUT2D eigenvalue weighted by molar-refractivity contribution is 5.94. The Hall–Kier alpha value is -3.00. The van der Waals surface area contributed by atoms with Crippen molar-refractivity contribution in [2.75, 3.05) is 19.8 Å². The maximum atomic E-state index is 13.0. The van der Waals surface area contributed by atoms with Crippen molar-refractivity contribution < 1.29 is 9.53 Å². The minimum atomic E-state index is -0.169. The molecule has 1 saturated heterocycles. The summed E-state index contributed by atoms with van der Waals surface area (Å²) >= 11 is 0. The average Bonchev–Trinajstić information content (AvgIpc) is 3.33. The Kier molecular flexibility index (Phi) is 4.02. The summed E-state index contributed by atoms with van der Waals surface area (Å²) in [6.45, 7) is 3.48. The number of imidazole rings is 1. The molecule has 0 bridgehead atoms. The number of morpholine rings is 1. The molecule has 0 saturated carbocycles. The van der Waals surface area contributed by atoms with E-state index in [1.165, 1.54) is 0 Å². The number of aryl methyl sites for hydroxylation is 1. The second-order valence-electron chi connectivity index (χ2n) is 5.93. The molecule has 0 aromatic carbocycles. The quantitative estimate of drug-likeness (QED) is 0.782. The second kappa shape index (κ2) is 6.48. The van der Waals surface area contributed by atoms with Gasteiger partial charge in [-0.05, 0) is 24.6 Å². The van der Waals surface area contributed by atoms with Crippen molar-refractivity contribution in [2.24, 2.45) is 0 Å². The van der Waals surface area contributed by atoms with Crippen molar-refractivity contribution in [1.82, 2.24) is 29.6 Å². The lowest BCUT2D eigenvalue weighted by Gasteiger charge is -2.35. The number of nitrogens with zero attached hydrogens (tertiary/aromatic N) is 5. The molecule has 1 atom stereocenters. The van der Waals surface area contributed by atoms with Gasteiger partial charge in [-0.25, -0.2) is 9.97 Å². The Morgan fingerprint density at radius 1 is 1.36 bits per heavy atom. The summed E-state index contributed by atoms with van der Waals surface area (Å²) in [6.07, 6.45) is 8.52. The standard InChI is InChI=1S/C17H18N6O2/c1-12-8-20-21-16(12)14-10-25-7-6-23(14)17(24)13-2-3-15(19-9-13)22-5-4-18-11-22/h2-5,8-9,11,14H,6-7,10H2,1H3,(H,20,21)/t14-/m1/s1. The van der Waals surface area contributed by atoms with Crippen LogP contribution in [0.1, 0.15) is 27.7 Å². The molecule has 3 aromatic heterocycles. The molecule has 8 heteroatoms. The number of ether oxygens (including phenoxy) is 1. The van der Waals surface area contributed by atoms with Gasteiger partial charge in [0.25, 0.3) is 5.91 Å². The van der Waals surface area contributed by atoms with E-state index >= 15 is 0 Å². The third-order valence-electron chi connectivity index (χ3n) is 4.35. The van der Waals surface area contributed by atoms with Gasteiger partial charge in [0, 0.05) is 25.1 Å². The van der Waals surface area contributed by atoms with Crippen LogP contribution < -0.4 is 0 Å². The molecule has 4 rings (SSSR count). The number of pyridine rings is 1.